The molecule has 3 nitrogen and oxygen atoms in total. The largest absolute Gasteiger partial charge is 0.471 e. The molecule has 0 spiro atoms. The average Bonchev–Trinajstić information content (AvgIpc) is 2.27. The highest BCUT2D eigenvalue weighted by Crippen LogP contribution is 2.21. The Morgan fingerprint density at radius 1 is 1.47 bits per heavy atom. The van der Waals surface area contributed by atoms with Gasteiger partial charge in [-0.25, -0.2) is 0 Å². The van der Waals surface area contributed by atoms with Crippen LogP contribution in [-0.4, -0.2) is 12.1 Å². The summed E-state index contributed by atoms with van der Waals surface area (Å²) in [5.74, 6) is -2.48. The molecule has 1 rings (SSSR count). The molecule has 0 aliphatic heterocycles. The quantitative estimate of drug-likeness (QED) is 0.866. The topological polar surface area (TPSA) is 52.9 Å². The van der Waals surface area contributed by atoms with Crippen LogP contribution >= 0.6 is 0 Å². The maximum absolute atomic E-state index is 12.0. The van der Waals surface area contributed by atoms with E-state index in [0.29, 0.717) is 5.56 Å². The maximum Gasteiger partial charge on any atom is 0.471 e. The predicted molar refractivity (Wildman–Crippen MR) is 55.2 cm³/mol. The molecular weight excluding hydrogens is 233 g/mol. The maximum atomic E-state index is 12.0. The van der Waals surface area contributed by atoms with E-state index in [9.17, 15) is 18.0 Å². The second-order valence-corrected chi connectivity index (χ2v) is 3.43. The molecule has 1 atom stereocenters. The number of rotatable bonds is 2. The third-order valence-electron chi connectivity index (χ3n) is 2.10. The molecule has 0 aromatic heterocycles. The van der Waals surface area contributed by atoms with Crippen molar-refractivity contribution in [2.45, 2.75) is 19.0 Å². The Morgan fingerprint density at radius 2 is 2.12 bits per heavy atom. The van der Waals surface area contributed by atoms with Gasteiger partial charge in [0.1, 0.15) is 0 Å². The van der Waals surface area contributed by atoms with Gasteiger partial charge >= 0.3 is 12.1 Å². The van der Waals surface area contributed by atoms with Gasteiger partial charge in [-0.15, -0.1) is 0 Å². The molecule has 17 heavy (non-hydrogen) atoms. The van der Waals surface area contributed by atoms with Crippen LogP contribution < -0.4 is 5.32 Å². The summed E-state index contributed by atoms with van der Waals surface area (Å²) < 4.78 is 36.0. The minimum atomic E-state index is -4.92. The predicted octanol–water partition coefficient (Wildman–Crippen LogP) is 2.81. The van der Waals surface area contributed by atoms with Gasteiger partial charge in [-0.2, -0.15) is 18.4 Å². The van der Waals surface area contributed by atoms with Gasteiger partial charge in [-0.3, -0.25) is 4.79 Å². The minimum absolute atomic E-state index is 0.0203. The highest BCUT2D eigenvalue weighted by molar-refractivity contribution is 5.94. The number of amides is 1. The normalized spacial score (nSPS) is 12.6. The molecule has 0 fully saturated rings. The van der Waals surface area contributed by atoms with E-state index in [2.05, 4.69) is 0 Å². The fourth-order valence-electron chi connectivity index (χ4n) is 1.16. The Bertz CT molecular complexity index is 463. The monoisotopic (exact) mass is 242 g/mol. The first-order valence-corrected chi connectivity index (χ1v) is 4.72. The molecule has 0 aliphatic rings. The molecule has 0 heterocycles. The molecule has 0 saturated carbocycles. The van der Waals surface area contributed by atoms with E-state index in [1.807, 2.05) is 6.07 Å². The third-order valence-corrected chi connectivity index (χ3v) is 2.10. The first kappa shape index (κ1) is 13.0. The second-order valence-electron chi connectivity index (χ2n) is 3.43. The van der Waals surface area contributed by atoms with Crippen molar-refractivity contribution in [2.24, 2.45) is 0 Å². The van der Waals surface area contributed by atoms with Crippen LogP contribution in [0.5, 0.6) is 0 Å². The summed E-state index contributed by atoms with van der Waals surface area (Å²) >= 11 is 0. The zero-order valence-corrected chi connectivity index (χ0v) is 8.88. The van der Waals surface area contributed by atoms with Gasteiger partial charge in [-0.05, 0) is 24.6 Å². The second kappa shape index (κ2) is 4.87. The van der Waals surface area contributed by atoms with E-state index < -0.39 is 18.0 Å². The summed E-state index contributed by atoms with van der Waals surface area (Å²) in [5, 5.41) is 10.4. The van der Waals surface area contributed by atoms with Crippen molar-refractivity contribution in [3.8, 4) is 6.07 Å². The van der Waals surface area contributed by atoms with Crippen LogP contribution in [0.1, 0.15) is 18.4 Å². The summed E-state index contributed by atoms with van der Waals surface area (Å²) in [6.45, 7) is 1.62. The van der Waals surface area contributed by atoms with Gasteiger partial charge in [-0.1, -0.05) is 12.1 Å². The van der Waals surface area contributed by atoms with Crippen LogP contribution in [0.25, 0.3) is 0 Å². The van der Waals surface area contributed by atoms with Crippen molar-refractivity contribution < 1.29 is 18.0 Å². The lowest BCUT2D eigenvalue weighted by molar-refractivity contribution is -0.167. The number of hydrogen-bond acceptors (Lipinski definition) is 2. The smallest absolute Gasteiger partial charge is 0.318 e. The fourth-order valence-corrected chi connectivity index (χ4v) is 1.16. The summed E-state index contributed by atoms with van der Waals surface area (Å²) in [5.41, 5.74) is 0.569. The van der Waals surface area contributed by atoms with E-state index in [0.717, 1.165) is 0 Å². The Hall–Kier alpha value is -2.03. The van der Waals surface area contributed by atoms with E-state index >= 15 is 0 Å². The number of carbonyl (C=O) groups excluding carboxylic acids is 1. The number of halogens is 3. The van der Waals surface area contributed by atoms with E-state index in [1.54, 1.807) is 18.3 Å². The molecule has 90 valence electrons. The van der Waals surface area contributed by atoms with Gasteiger partial charge in [0, 0.05) is 5.69 Å². The lowest BCUT2D eigenvalue weighted by Gasteiger charge is -2.09. The molecule has 0 aliphatic carbocycles. The summed E-state index contributed by atoms with van der Waals surface area (Å²) in [4.78, 5) is 10.7. The first-order chi connectivity index (χ1) is 7.84. The lowest BCUT2D eigenvalue weighted by Crippen LogP contribution is -2.29. The van der Waals surface area contributed by atoms with Crippen LogP contribution in [0.2, 0.25) is 0 Å². The Kier molecular flexibility index (Phi) is 3.73. The zero-order chi connectivity index (χ0) is 13.1. The number of carbonyl (C=O) groups is 1. The summed E-state index contributed by atoms with van der Waals surface area (Å²) in [6, 6.07) is 7.72. The van der Waals surface area contributed by atoms with Gasteiger partial charge in [0.05, 0.1) is 12.0 Å². The van der Waals surface area contributed by atoms with Crippen molar-refractivity contribution in [1.29, 1.82) is 5.26 Å². The van der Waals surface area contributed by atoms with Crippen molar-refractivity contribution in [2.75, 3.05) is 5.32 Å². The molecule has 1 unspecified atom stereocenters. The number of nitrogens with zero attached hydrogens (tertiary/aromatic N) is 1. The van der Waals surface area contributed by atoms with Gasteiger partial charge in [0.2, 0.25) is 0 Å². The van der Waals surface area contributed by atoms with Crippen molar-refractivity contribution >= 4 is 11.6 Å². The van der Waals surface area contributed by atoms with Crippen LogP contribution in [0.4, 0.5) is 18.9 Å². The van der Waals surface area contributed by atoms with E-state index in [-0.39, 0.29) is 5.69 Å². The third kappa shape index (κ3) is 3.48. The number of anilines is 1. The highest BCUT2D eigenvalue weighted by atomic mass is 19.4. The lowest BCUT2D eigenvalue weighted by atomic mass is 10.0. The van der Waals surface area contributed by atoms with Crippen molar-refractivity contribution in [3.63, 3.8) is 0 Å². The summed E-state index contributed by atoms with van der Waals surface area (Å²) in [6.07, 6.45) is -4.92. The number of nitriles is 1. The first-order valence-electron chi connectivity index (χ1n) is 4.72. The molecule has 1 aromatic carbocycles. The molecule has 0 bridgehead atoms. The molecular formula is C11H9F3N2O. The van der Waals surface area contributed by atoms with Crippen molar-refractivity contribution in [3.05, 3.63) is 29.8 Å². The number of hydrogen-bond donors (Lipinski definition) is 1. The zero-order valence-electron chi connectivity index (χ0n) is 8.88. The van der Waals surface area contributed by atoms with Crippen LogP contribution in [-0.2, 0) is 4.79 Å². The van der Waals surface area contributed by atoms with Gasteiger partial charge in [0.25, 0.3) is 0 Å². The van der Waals surface area contributed by atoms with Gasteiger partial charge in [0.15, 0.2) is 0 Å². The summed E-state index contributed by atoms with van der Waals surface area (Å²) in [7, 11) is 0. The Labute approximate surface area is 95.9 Å². The molecule has 1 amide bonds. The van der Waals surface area contributed by atoms with Crippen molar-refractivity contribution in [1.82, 2.24) is 0 Å². The van der Waals surface area contributed by atoms with E-state index in [4.69, 9.17) is 5.26 Å². The molecule has 0 radical (unpaired) electrons. The Morgan fingerprint density at radius 3 is 2.65 bits per heavy atom. The van der Waals surface area contributed by atoms with Gasteiger partial charge < -0.3 is 5.32 Å². The SMILES string of the molecule is CC(C#N)c1cccc(NC(=O)C(F)(F)F)c1. The van der Waals surface area contributed by atoms with E-state index in [1.165, 1.54) is 18.2 Å². The Balaban J connectivity index is 2.88. The van der Waals surface area contributed by atoms with Crippen LogP contribution in [0.3, 0.4) is 0 Å². The standard InChI is InChI=1S/C11H9F3N2O/c1-7(6-15)8-3-2-4-9(5-8)16-10(17)11(12,13)14/h2-5,7H,1H3,(H,16,17). The molecule has 1 aromatic rings. The highest BCUT2D eigenvalue weighted by Gasteiger charge is 2.38. The minimum Gasteiger partial charge on any atom is -0.318 e. The number of benzene rings is 1. The van der Waals surface area contributed by atoms with Crippen LogP contribution in [0, 0.1) is 11.3 Å². The molecule has 6 heteroatoms. The number of nitrogens with one attached hydrogen (secondary N) is 1. The van der Waals surface area contributed by atoms with Crippen LogP contribution in [0.15, 0.2) is 24.3 Å². The average molecular weight is 242 g/mol. The molecule has 0 saturated heterocycles. The molecule has 1 N–H and O–H groups in total. The number of alkyl halides is 3. The fraction of sp³-hybridized carbons (Fsp3) is 0.273.